The first-order valence-corrected chi connectivity index (χ1v) is 3.09. The van der Waals surface area contributed by atoms with Crippen LogP contribution >= 0.6 is 0 Å². The van der Waals surface area contributed by atoms with Gasteiger partial charge in [0, 0.05) is 6.54 Å². The first-order chi connectivity index (χ1) is 5.33. The van der Waals surface area contributed by atoms with E-state index < -0.39 is 5.69 Å². The van der Waals surface area contributed by atoms with Gasteiger partial charge in [-0.15, -0.1) is 6.58 Å². The van der Waals surface area contributed by atoms with Crippen LogP contribution in [0, 0.1) is 0 Å². The summed E-state index contributed by atoms with van der Waals surface area (Å²) in [5.41, 5.74) is -0.459. The second-order valence-corrected chi connectivity index (χ2v) is 1.84. The quantitative estimate of drug-likeness (QED) is 0.586. The zero-order valence-corrected chi connectivity index (χ0v) is 5.87. The molecule has 0 fully saturated rings. The van der Waals surface area contributed by atoms with E-state index >= 15 is 0 Å². The van der Waals surface area contributed by atoms with Gasteiger partial charge in [0.05, 0.1) is 6.20 Å². The van der Waals surface area contributed by atoms with Crippen LogP contribution in [0.3, 0.4) is 0 Å². The van der Waals surface area contributed by atoms with Gasteiger partial charge in [0.1, 0.15) is 0 Å². The van der Waals surface area contributed by atoms with Crippen LogP contribution in [0.5, 0.6) is 0 Å². The van der Waals surface area contributed by atoms with Crippen molar-refractivity contribution in [2.45, 2.75) is 0 Å². The average Bonchev–Trinajstić information content (AvgIpc) is 2.01. The minimum absolute atomic E-state index is 0.452. The molecule has 58 valence electrons. The fraction of sp³-hybridized carbons (Fsp3) is 0.167. The Morgan fingerprint density at radius 1 is 1.82 bits per heavy atom. The normalized spacial score (nSPS) is 9.09. The highest BCUT2D eigenvalue weighted by atomic mass is 16.1. The summed E-state index contributed by atoms with van der Waals surface area (Å²) in [5, 5.41) is 8.53. The predicted molar refractivity (Wildman–Crippen MR) is 41.3 cm³/mol. The summed E-state index contributed by atoms with van der Waals surface area (Å²) in [6, 6.07) is 0. The predicted octanol–water partition coefficient (Wildman–Crippen LogP) is -0.237. The lowest BCUT2D eigenvalue weighted by Gasteiger charge is -1.97. The van der Waals surface area contributed by atoms with Gasteiger partial charge in [0.15, 0.2) is 5.82 Å². The molecule has 0 atom stereocenters. The standard InChI is InChI=1S/C6H8N4O/c1-2-3-7-5-4-8-10-6(11)9-5/h2,4H,1,3H2,(H2,7,9,10,11). The van der Waals surface area contributed by atoms with Crippen LogP contribution in [0.2, 0.25) is 0 Å². The zero-order chi connectivity index (χ0) is 8.10. The Hall–Kier alpha value is -1.65. The number of hydrogen-bond acceptors (Lipinski definition) is 4. The number of nitrogens with one attached hydrogen (secondary N) is 2. The maximum atomic E-state index is 10.6. The molecule has 0 spiro atoms. The maximum Gasteiger partial charge on any atom is 0.363 e. The Balaban J connectivity index is 2.71. The summed E-state index contributed by atoms with van der Waals surface area (Å²) in [7, 11) is 0. The molecule has 2 N–H and O–H groups in total. The highest BCUT2D eigenvalue weighted by Crippen LogP contribution is 1.91. The van der Waals surface area contributed by atoms with Crippen LogP contribution < -0.4 is 11.0 Å². The van der Waals surface area contributed by atoms with Gasteiger partial charge >= 0.3 is 5.69 Å². The van der Waals surface area contributed by atoms with E-state index in [2.05, 4.69) is 27.1 Å². The smallest absolute Gasteiger partial charge is 0.363 e. The molecular weight excluding hydrogens is 144 g/mol. The summed E-state index contributed by atoms with van der Waals surface area (Å²) >= 11 is 0. The molecule has 0 bridgehead atoms. The van der Waals surface area contributed by atoms with Crippen molar-refractivity contribution < 1.29 is 0 Å². The van der Waals surface area contributed by atoms with E-state index in [1.165, 1.54) is 6.20 Å². The molecule has 1 rings (SSSR count). The lowest BCUT2D eigenvalue weighted by Crippen LogP contribution is -2.14. The second-order valence-electron chi connectivity index (χ2n) is 1.84. The Bertz CT molecular complexity index is 293. The molecule has 1 heterocycles. The third-order valence-corrected chi connectivity index (χ3v) is 0.997. The topological polar surface area (TPSA) is 70.7 Å². The molecule has 1 aromatic heterocycles. The SMILES string of the molecule is C=CCNc1cn[nH]c(=O)n1. The molecular formula is C6H8N4O. The van der Waals surface area contributed by atoms with Crippen LogP contribution in [-0.2, 0) is 0 Å². The third kappa shape index (κ3) is 2.21. The number of rotatable bonds is 3. The molecule has 0 unspecified atom stereocenters. The lowest BCUT2D eigenvalue weighted by atomic mass is 10.6. The van der Waals surface area contributed by atoms with Gasteiger partial charge in [0.2, 0.25) is 0 Å². The van der Waals surface area contributed by atoms with Gasteiger partial charge in [0.25, 0.3) is 0 Å². The zero-order valence-electron chi connectivity index (χ0n) is 5.87. The van der Waals surface area contributed by atoms with Crippen molar-refractivity contribution in [2.75, 3.05) is 11.9 Å². The minimum atomic E-state index is -0.459. The molecule has 5 heteroatoms. The Morgan fingerprint density at radius 3 is 3.27 bits per heavy atom. The molecule has 0 saturated heterocycles. The Kier molecular flexibility index (Phi) is 2.37. The van der Waals surface area contributed by atoms with Crippen LogP contribution in [0.25, 0.3) is 0 Å². The highest BCUT2D eigenvalue weighted by Gasteiger charge is 1.90. The number of aromatic amines is 1. The van der Waals surface area contributed by atoms with E-state index in [9.17, 15) is 4.79 Å². The Morgan fingerprint density at radius 2 is 2.64 bits per heavy atom. The highest BCUT2D eigenvalue weighted by molar-refractivity contribution is 5.29. The fourth-order valence-corrected chi connectivity index (χ4v) is 0.574. The number of aromatic nitrogens is 3. The number of hydrogen-bond donors (Lipinski definition) is 2. The third-order valence-electron chi connectivity index (χ3n) is 0.997. The maximum absolute atomic E-state index is 10.6. The van der Waals surface area contributed by atoms with E-state index in [1.807, 2.05) is 0 Å². The molecule has 0 amide bonds. The lowest BCUT2D eigenvalue weighted by molar-refractivity contribution is 0.913. The molecule has 11 heavy (non-hydrogen) atoms. The van der Waals surface area contributed by atoms with Crippen LogP contribution in [0.4, 0.5) is 5.82 Å². The van der Waals surface area contributed by atoms with Gasteiger partial charge in [-0.25, -0.2) is 9.89 Å². The Labute approximate surface area is 63.2 Å². The number of nitrogens with zero attached hydrogens (tertiary/aromatic N) is 2. The van der Waals surface area contributed by atoms with Crippen molar-refractivity contribution >= 4 is 5.82 Å². The molecule has 0 aliphatic carbocycles. The first-order valence-electron chi connectivity index (χ1n) is 3.09. The van der Waals surface area contributed by atoms with Crippen molar-refractivity contribution in [3.63, 3.8) is 0 Å². The van der Waals surface area contributed by atoms with Crippen molar-refractivity contribution in [2.24, 2.45) is 0 Å². The molecule has 1 aromatic rings. The second kappa shape index (κ2) is 3.50. The minimum Gasteiger partial charge on any atom is -0.365 e. The number of H-pyrrole nitrogens is 1. The summed E-state index contributed by atoms with van der Waals surface area (Å²) in [4.78, 5) is 14.1. The fourth-order valence-electron chi connectivity index (χ4n) is 0.574. The molecule has 5 nitrogen and oxygen atoms in total. The monoisotopic (exact) mass is 152 g/mol. The van der Waals surface area contributed by atoms with E-state index in [-0.39, 0.29) is 0 Å². The summed E-state index contributed by atoms with van der Waals surface area (Å²) in [6.07, 6.45) is 3.10. The summed E-state index contributed by atoms with van der Waals surface area (Å²) < 4.78 is 0. The van der Waals surface area contributed by atoms with Crippen LogP contribution in [0.15, 0.2) is 23.6 Å². The molecule has 0 radical (unpaired) electrons. The largest absolute Gasteiger partial charge is 0.365 e. The van der Waals surface area contributed by atoms with E-state index in [0.29, 0.717) is 12.4 Å². The van der Waals surface area contributed by atoms with Crippen LogP contribution in [0.1, 0.15) is 0 Å². The van der Waals surface area contributed by atoms with Crippen LogP contribution in [-0.4, -0.2) is 21.7 Å². The summed E-state index contributed by atoms with van der Waals surface area (Å²) in [6.45, 7) is 4.07. The first kappa shape index (κ1) is 7.46. The van der Waals surface area contributed by atoms with Crippen molar-refractivity contribution in [3.05, 3.63) is 29.3 Å². The van der Waals surface area contributed by atoms with Crippen molar-refractivity contribution in [1.82, 2.24) is 15.2 Å². The van der Waals surface area contributed by atoms with Gasteiger partial charge < -0.3 is 5.32 Å². The van der Waals surface area contributed by atoms with Crippen molar-refractivity contribution in [3.8, 4) is 0 Å². The molecule has 0 aromatic carbocycles. The average molecular weight is 152 g/mol. The van der Waals surface area contributed by atoms with E-state index in [4.69, 9.17) is 0 Å². The van der Waals surface area contributed by atoms with Gasteiger partial charge in [-0.05, 0) is 0 Å². The molecule has 0 aliphatic heterocycles. The van der Waals surface area contributed by atoms with Crippen molar-refractivity contribution in [1.29, 1.82) is 0 Å². The van der Waals surface area contributed by atoms with E-state index in [0.717, 1.165) is 0 Å². The molecule has 0 saturated carbocycles. The van der Waals surface area contributed by atoms with Gasteiger partial charge in [-0.3, -0.25) is 0 Å². The molecule has 0 aliphatic rings. The number of anilines is 1. The van der Waals surface area contributed by atoms with Gasteiger partial charge in [-0.2, -0.15) is 10.1 Å². The van der Waals surface area contributed by atoms with Gasteiger partial charge in [-0.1, -0.05) is 6.08 Å². The van der Waals surface area contributed by atoms with E-state index in [1.54, 1.807) is 6.08 Å². The summed E-state index contributed by atoms with van der Waals surface area (Å²) in [5.74, 6) is 0.452.